The molecule has 230 valence electrons. The van der Waals surface area contributed by atoms with Crippen molar-refractivity contribution in [2.24, 2.45) is 0 Å². The van der Waals surface area contributed by atoms with Gasteiger partial charge >= 0.3 is 0 Å². The van der Waals surface area contributed by atoms with Crippen molar-refractivity contribution in [2.75, 3.05) is 88.6 Å². The van der Waals surface area contributed by atoms with Crippen LogP contribution in [0.1, 0.15) is 39.3 Å². The van der Waals surface area contributed by atoms with E-state index in [1.54, 1.807) is 12.1 Å². The quantitative estimate of drug-likeness (QED) is 0.294. The topological polar surface area (TPSA) is 147 Å². The van der Waals surface area contributed by atoms with Gasteiger partial charge in [0.1, 0.15) is 5.82 Å². The summed E-state index contributed by atoms with van der Waals surface area (Å²) in [6, 6.07) is 6.31. The number of hydrogen-bond acceptors (Lipinski definition) is 10. The van der Waals surface area contributed by atoms with E-state index in [1.807, 2.05) is 13.1 Å². The van der Waals surface area contributed by atoms with Gasteiger partial charge in [-0.25, -0.2) is 18.4 Å². The van der Waals surface area contributed by atoms with Crippen molar-refractivity contribution >= 4 is 29.0 Å². The highest BCUT2D eigenvalue weighted by Crippen LogP contribution is 2.31. The van der Waals surface area contributed by atoms with Gasteiger partial charge in [0.05, 0.1) is 42.0 Å². The second-order valence-electron chi connectivity index (χ2n) is 10.6. The number of nitrogen functional groups attached to an aromatic ring is 1. The normalized spacial score (nSPS) is 16.4. The largest absolute Gasteiger partial charge is 0.384 e. The number of nitrogens with two attached hydrogens (primary N) is 1. The predicted molar refractivity (Wildman–Crippen MR) is 157 cm³/mol. The van der Waals surface area contributed by atoms with E-state index in [9.17, 15) is 18.4 Å². The lowest BCUT2D eigenvalue weighted by Crippen LogP contribution is -2.44. The number of carbonyl (C=O) groups excluding carboxylic acids is 2. The number of carbonyl (C=O) groups is 2. The summed E-state index contributed by atoms with van der Waals surface area (Å²) in [7, 11) is 2.03. The van der Waals surface area contributed by atoms with Crippen molar-refractivity contribution in [2.45, 2.75) is 12.8 Å². The predicted octanol–water partition coefficient (Wildman–Crippen LogP) is 1.64. The number of likely N-dealkylation sites (N-methyl/N-ethyl adjacent to an activating group) is 1. The van der Waals surface area contributed by atoms with Gasteiger partial charge in [-0.3, -0.25) is 14.5 Å². The van der Waals surface area contributed by atoms with Crippen LogP contribution in [0.5, 0.6) is 0 Å². The maximum absolute atomic E-state index is 13.7. The minimum absolute atomic E-state index is 0.102. The molecule has 2 amide bonds. The van der Waals surface area contributed by atoms with Crippen LogP contribution in [0.15, 0.2) is 36.7 Å². The number of piperazine rings is 1. The molecule has 2 aromatic heterocycles. The molecule has 5 rings (SSSR count). The van der Waals surface area contributed by atoms with Gasteiger partial charge in [0.2, 0.25) is 0 Å². The monoisotopic (exact) mass is 598 g/mol. The highest BCUT2D eigenvalue weighted by Gasteiger charge is 2.23. The molecule has 0 saturated carbocycles. The van der Waals surface area contributed by atoms with Crippen molar-refractivity contribution in [1.82, 2.24) is 35.1 Å². The fourth-order valence-corrected chi connectivity index (χ4v) is 5.05. The summed E-state index contributed by atoms with van der Waals surface area (Å²) in [5.41, 5.74) is 6.61. The second kappa shape index (κ2) is 13.8. The van der Waals surface area contributed by atoms with E-state index in [1.165, 1.54) is 10.9 Å². The van der Waals surface area contributed by atoms with Crippen LogP contribution in [0.25, 0.3) is 5.69 Å². The van der Waals surface area contributed by atoms with Crippen LogP contribution >= 0.6 is 0 Å². The fraction of sp³-hybridized carbons (Fsp3) is 0.464. The van der Waals surface area contributed by atoms with Crippen molar-refractivity contribution in [3.8, 4) is 5.69 Å². The first-order chi connectivity index (χ1) is 20.8. The number of benzene rings is 1. The Balaban J connectivity index is 1.32. The van der Waals surface area contributed by atoms with Crippen LogP contribution in [0.2, 0.25) is 0 Å². The Morgan fingerprint density at radius 3 is 2.58 bits per heavy atom. The Morgan fingerprint density at radius 1 is 1.07 bits per heavy atom. The lowest BCUT2D eigenvalue weighted by Gasteiger charge is -2.35. The molecule has 0 atom stereocenters. The van der Waals surface area contributed by atoms with E-state index >= 15 is 0 Å². The van der Waals surface area contributed by atoms with Crippen LogP contribution in [-0.4, -0.2) is 114 Å². The molecule has 4 N–H and O–H groups in total. The van der Waals surface area contributed by atoms with Crippen molar-refractivity contribution in [1.29, 1.82) is 0 Å². The number of ether oxygens (including phenoxy) is 1. The van der Waals surface area contributed by atoms with Crippen LogP contribution < -0.4 is 21.3 Å². The van der Waals surface area contributed by atoms with Crippen LogP contribution in [0.3, 0.4) is 0 Å². The van der Waals surface area contributed by atoms with E-state index in [0.29, 0.717) is 31.0 Å². The fourth-order valence-electron chi connectivity index (χ4n) is 5.05. The Hall–Kier alpha value is -4.21. The highest BCUT2D eigenvalue weighted by molar-refractivity contribution is 6.07. The highest BCUT2D eigenvalue weighted by atomic mass is 19.3. The van der Waals surface area contributed by atoms with E-state index in [2.05, 4.69) is 40.6 Å². The summed E-state index contributed by atoms with van der Waals surface area (Å²) in [5.74, 6) is -1.19. The number of rotatable bonds is 10. The number of halogens is 2. The molecule has 0 bridgehead atoms. The van der Waals surface area contributed by atoms with Crippen molar-refractivity contribution in [3.05, 3.63) is 53.5 Å². The molecule has 2 aliphatic rings. The molecule has 15 heteroatoms. The molecule has 0 spiro atoms. The van der Waals surface area contributed by atoms with Gasteiger partial charge in [0.15, 0.2) is 5.69 Å². The number of nitrogens with zero attached hydrogens (tertiary/aromatic N) is 7. The van der Waals surface area contributed by atoms with Crippen LogP contribution in [0.4, 0.5) is 26.0 Å². The second-order valence-corrected chi connectivity index (χ2v) is 10.6. The summed E-state index contributed by atoms with van der Waals surface area (Å²) in [4.78, 5) is 36.4. The van der Waals surface area contributed by atoms with Crippen molar-refractivity contribution in [3.63, 3.8) is 0 Å². The summed E-state index contributed by atoms with van der Waals surface area (Å²) in [6.07, 6.45) is 0.447. The third kappa shape index (κ3) is 7.60. The molecule has 3 aromatic rings. The summed E-state index contributed by atoms with van der Waals surface area (Å²) < 4.78 is 34.2. The average Bonchev–Trinajstić information content (AvgIpc) is 3.51. The maximum atomic E-state index is 13.7. The Bertz CT molecular complexity index is 1420. The first-order valence-electron chi connectivity index (χ1n) is 14.2. The standard InChI is InChI=1S/C28H36F2N10O3/c1-37-7-9-39(10-8-37)24-4-3-19(15-22(24)34-27(41)21-17-33-25(31)16-20(21)26(29)30)40-18-23(35-36-40)28(42)32-5-2-6-38-11-13-43-14-12-38/h3-4,15-18,26H,2,5-14H2,1H3,(H2,31,33)(H,32,42)(H,34,41). The molecule has 1 aromatic carbocycles. The smallest absolute Gasteiger partial charge is 0.273 e. The van der Waals surface area contributed by atoms with Gasteiger partial charge in [-0.15, -0.1) is 5.10 Å². The molecule has 13 nitrogen and oxygen atoms in total. The zero-order valence-corrected chi connectivity index (χ0v) is 24.0. The van der Waals surface area contributed by atoms with Gasteiger partial charge in [-0.05, 0) is 44.3 Å². The van der Waals surface area contributed by atoms with Gasteiger partial charge in [-0.1, -0.05) is 5.21 Å². The van der Waals surface area contributed by atoms with Crippen molar-refractivity contribution < 1.29 is 23.1 Å². The number of nitrogens with one attached hydrogen (secondary N) is 2. The molecular formula is C28H36F2N10O3. The van der Waals surface area contributed by atoms with Crippen LogP contribution in [0, 0.1) is 0 Å². The minimum Gasteiger partial charge on any atom is -0.384 e. The molecule has 0 aliphatic carbocycles. The zero-order valence-electron chi connectivity index (χ0n) is 24.0. The molecule has 2 saturated heterocycles. The molecule has 0 unspecified atom stereocenters. The number of aromatic nitrogens is 4. The lowest BCUT2D eigenvalue weighted by molar-refractivity contribution is 0.0374. The SMILES string of the molecule is CN1CCN(c2ccc(-n3cc(C(=O)NCCCN4CCOCC4)nn3)cc2NC(=O)c2cnc(N)cc2C(F)F)CC1. The molecule has 2 aliphatic heterocycles. The number of amides is 2. The Kier molecular flexibility index (Phi) is 9.74. The zero-order chi connectivity index (χ0) is 30.3. The molecule has 43 heavy (non-hydrogen) atoms. The molecule has 4 heterocycles. The number of morpholine rings is 1. The number of hydrogen-bond donors (Lipinski definition) is 3. The maximum Gasteiger partial charge on any atom is 0.273 e. The number of alkyl halides is 2. The van der Waals surface area contributed by atoms with E-state index < -0.39 is 17.9 Å². The number of anilines is 3. The number of pyridine rings is 1. The first-order valence-corrected chi connectivity index (χ1v) is 14.2. The van der Waals surface area contributed by atoms with Gasteiger partial charge in [0, 0.05) is 57.6 Å². The summed E-state index contributed by atoms with van der Waals surface area (Å²) in [6.45, 7) is 7.67. The summed E-state index contributed by atoms with van der Waals surface area (Å²) >= 11 is 0. The minimum atomic E-state index is -2.91. The molecule has 0 radical (unpaired) electrons. The third-order valence-corrected chi connectivity index (χ3v) is 7.54. The Labute approximate surface area is 248 Å². The van der Waals surface area contributed by atoms with Gasteiger partial charge in [0.25, 0.3) is 18.2 Å². The Morgan fingerprint density at radius 2 is 1.84 bits per heavy atom. The summed E-state index contributed by atoms with van der Waals surface area (Å²) in [5, 5.41) is 13.8. The van der Waals surface area contributed by atoms with E-state index in [-0.39, 0.29) is 23.0 Å². The molecular weight excluding hydrogens is 562 g/mol. The average molecular weight is 599 g/mol. The lowest BCUT2D eigenvalue weighted by atomic mass is 10.1. The first kappa shape index (κ1) is 30.3. The van der Waals surface area contributed by atoms with E-state index in [4.69, 9.17) is 10.5 Å². The van der Waals surface area contributed by atoms with Gasteiger partial charge < -0.3 is 30.9 Å². The molecule has 2 fully saturated rings. The third-order valence-electron chi connectivity index (χ3n) is 7.54. The van der Waals surface area contributed by atoms with E-state index in [0.717, 1.165) is 70.3 Å². The van der Waals surface area contributed by atoms with Crippen LogP contribution in [-0.2, 0) is 4.74 Å². The van der Waals surface area contributed by atoms with Gasteiger partial charge in [-0.2, -0.15) is 0 Å².